The molecule has 1 nitrogen and oxygen atoms in total. The lowest BCUT2D eigenvalue weighted by Gasteiger charge is -2.44. The third-order valence-electron chi connectivity index (χ3n) is 5.98. The van der Waals surface area contributed by atoms with Gasteiger partial charge in [0.1, 0.15) is 6.15 Å². The Balaban J connectivity index is 0.000000401. The first kappa shape index (κ1) is 22.6. The quantitative estimate of drug-likeness (QED) is 0.475. The van der Waals surface area contributed by atoms with Crippen LogP contribution in [0.5, 0.6) is 0 Å². The molecule has 0 aliphatic rings. The molecule has 0 heterocycles. The van der Waals surface area contributed by atoms with Gasteiger partial charge in [-0.25, -0.2) is 0 Å². The van der Waals surface area contributed by atoms with Gasteiger partial charge >= 0.3 is 0 Å². The molecule has 0 radical (unpaired) electrons. The van der Waals surface area contributed by atoms with Gasteiger partial charge in [-0.05, 0) is 12.3 Å². The van der Waals surface area contributed by atoms with Crippen LogP contribution >= 0.6 is 0 Å². The zero-order valence-electron chi connectivity index (χ0n) is 18.8. The van der Waals surface area contributed by atoms with Crippen LogP contribution in [-0.4, -0.2) is 12.7 Å². The van der Waals surface area contributed by atoms with E-state index < -0.39 is 6.15 Å². The number of quaternary nitrogens is 1. The summed E-state index contributed by atoms with van der Waals surface area (Å²) in [6, 6.07) is 43.5. The van der Waals surface area contributed by atoms with Crippen LogP contribution in [0.25, 0.3) is 0 Å². The summed E-state index contributed by atoms with van der Waals surface area (Å²) in [6.07, 6.45) is 0.0483. The Morgan fingerprint density at radius 1 is 0.516 bits per heavy atom. The summed E-state index contributed by atoms with van der Waals surface area (Å²) in [5.41, 5.74) is 9.08. The maximum atomic E-state index is 3.73. The Morgan fingerprint density at radius 3 is 0.935 bits per heavy atom. The van der Waals surface area contributed by atoms with E-state index in [1.54, 1.807) is 0 Å². The SMILES string of the molecule is CC(C)CC[NH3+].c1ccc([B-](c2ccccc2)(c2ccccc2)c2ccccc2)cc1. The second-order valence-electron chi connectivity index (χ2n) is 8.54. The Kier molecular flexibility index (Phi) is 8.26. The highest BCUT2D eigenvalue weighted by atomic mass is 14.5. The van der Waals surface area contributed by atoms with E-state index in [1.807, 2.05) is 0 Å². The lowest BCUT2D eigenvalue weighted by Crippen LogP contribution is -2.74. The predicted octanol–water partition coefficient (Wildman–Crippen LogP) is 3.34. The van der Waals surface area contributed by atoms with Crippen LogP contribution in [0.2, 0.25) is 0 Å². The molecular weight excluding hydrogens is 373 g/mol. The summed E-state index contributed by atoms with van der Waals surface area (Å²) in [7, 11) is 0. The van der Waals surface area contributed by atoms with Gasteiger partial charge in [0.2, 0.25) is 0 Å². The molecule has 0 aliphatic carbocycles. The molecule has 158 valence electrons. The van der Waals surface area contributed by atoms with E-state index in [0.29, 0.717) is 0 Å². The van der Waals surface area contributed by atoms with Gasteiger partial charge in [-0.15, -0.1) is 0 Å². The normalized spacial score (nSPS) is 11.0. The predicted molar refractivity (Wildman–Crippen MR) is 137 cm³/mol. The summed E-state index contributed by atoms with van der Waals surface area (Å²) < 4.78 is 0. The van der Waals surface area contributed by atoms with Gasteiger partial charge in [-0.3, -0.25) is 0 Å². The minimum atomic E-state index is -1.22. The van der Waals surface area contributed by atoms with E-state index in [2.05, 4.69) is 141 Å². The zero-order valence-corrected chi connectivity index (χ0v) is 18.8. The molecule has 0 fully saturated rings. The number of benzene rings is 4. The molecule has 0 spiro atoms. The van der Waals surface area contributed by atoms with Crippen LogP contribution in [0.3, 0.4) is 0 Å². The zero-order chi connectivity index (χ0) is 21.9. The van der Waals surface area contributed by atoms with Crippen LogP contribution < -0.4 is 27.6 Å². The molecule has 3 N–H and O–H groups in total. The molecule has 4 rings (SSSR count). The second-order valence-corrected chi connectivity index (χ2v) is 8.54. The molecule has 4 aromatic carbocycles. The van der Waals surface area contributed by atoms with E-state index in [4.69, 9.17) is 0 Å². The number of hydrogen-bond acceptors (Lipinski definition) is 0. The van der Waals surface area contributed by atoms with Gasteiger partial charge in [0.25, 0.3) is 0 Å². The maximum Gasteiger partial charge on any atom is 0.108 e. The molecule has 31 heavy (non-hydrogen) atoms. The molecule has 4 aromatic rings. The summed E-state index contributed by atoms with van der Waals surface area (Å²) in [4.78, 5) is 0. The first-order valence-corrected chi connectivity index (χ1v) is 11.4. The lowest BCUT2D eigenvalue weighted by atomic mass is 9.13. The van der Waals surface area contributed by atoms with Crippen LogP contribution in [-0.2, 0) is 0 Å². The van der Waals surface area contributed by atoms with Crippen molar-refractivity contribution in [3.05, 3.63) is 121 Å². The largest absolute Gasteiger partial charge is 0.358 e. The van der Waals surface area contributed by atoms with Gasteiger partial charge in [-0.2, -0.15) is 21.9 Å². The van der Waals surface area contributed by atoms with E-state index in [1.165, 1.54) is 28.3 Å². The van der Waals surface area contributed by atoms with Gasteiger partial charge < -0.3 is 5.73 Å². The van der Waals surface area contributed by atoms with Gasteiger partial charge in [-0.1, -0.05) is 135 Å². The highest BCUT2D eigenvalue weighted by Crippen LogP contribution is 2.09. The number of hydrogen-bond donors (Lipinski definition) is 1. The van der Waals surface area contributed by atoms with E-state index in [0.717, 1.165) is 12.5 Å². The van der Waals surface area contributed by atoms with Gasteiger partial charge in [0, 0.05) is 0 Å². The molecule has 0 unspecified atom stereocenters. The fourth-order valence-corrected chi connectivity index (χ4v) is 4.53. The van der Waals surface area contributed by atoms with Crippen molar-refractivity contribution in [2.24, 2.45) is 5.92 Å². The highest BCUT2D eigenvalue weighted by Gasteiger charge is 2.30. The number of rotatable bonds is 6. The van der Waals surface area contributed by atoms with E-state index >= 15 is 0 Å². The average Bonchev–Trinajstić information content (AvgIpc) is 2.83. The standard InChI is InChI=1S/C24H20B.C5H13N/c1-5-13-21(14-6-1)25(22-15-7-2-8-16-22,23-17-9-3-10-18-23)24-19-11-4-12-20-24;1-5(2)3-4-6/h1-20H;5H,3-4,6H2,1-2H3/q-1;/p+1. The monoisotopic (exact) mass is 407 g/mol. The van der Waals surface area contributed by atoms with Crippen LogP contribution in [0.4, 0.5) is 0 Å². The minimum absolute atomic E-state index is 0.836. The van der Waals surface area contributed by atoms with Crippen molar-refractivity contribution in [3.63, 3.8) is 0 Å². The first-order chi connectivity index (χ1) is 15.2. The molecule has 2 heteroatoms. The van der Waals surface area contributed by atoms with Crippen LogP contribution in [0, 0.1) is 5.92 Å². The Morgan fingerprint density at radius 2 is 0.774 bits per heavy atom. The topological polar surface area (TPSA) is 27.6 Å². The molecule has 0 atom stereocenters. The third-order valence-corrected chi connectivity index (χ3v) is 5.98. The molecular formula is C29H34BN. The summed E-state index contributed by atoms with van der Waals surface area (Å²) >= 11 is 0. The fourth-order valence-electron chi connectivity index (χ4n) is 4.53. The van der Waals surface area contributed by atoms with Crippen molar-refractivity contribution in [3.8, 4) is 0 Å². The molecule has 0 saturated carbocycles. The van der Waals surface area contributed by atoms with Gasteiger partial charge in [0.15, 0.2) is 0 Å². The fraction of sp³-hybridized carbons (Fsp3) is 0.172. The highest BCUT2D eigenvalue weighted by molar-refractivity contribution is 7.19. The van der Waals surface area contributed by atoms with Crippen LogP contribution in [0.1, 0.15) is 20.3 Å². The van der Waals surface area contributed by atoms with Crippen molar-refractivity contribution < 1.29 is 5.73 Å². The average molecular weight is 407 g/mol. The maximum absolute atomic E-state index is 3.73. The Labute approximate surface area is 187 Å². The molecule has 0 bridgehead atoms. The lowest BCUT2D eigenvalue weighted by molar-refractivity contribution is -0.369. The van der Waals surface area contributed by atoms with Crippen molar-refractivity contribution in [2.75, 3.05) is 6.54 Å². The molecule has 0 saturated heterocycles. The first-order valence-electron chi connectivity index (χ1n) is 11.4. The summed E-state index contributed by atoms with van der Waals surface area (Å²) in [5.74, 6) is 0.836. The van der Waals surface area contributed by atoms with E-state index in [-0.39, 0.29) is 0 Å². The Hall–Kier alpha value is -3.10. The van der Waals surface area contributed by atoms with Crippen LogP contribution in [0.15, 0.2) is 121 Å². The van der Waals surface area contributed by atoms with Gasteiger partial charge in [0.05, 0.1) is 6.54 Å². The van der Waals surface area contributed by atoms with Crippen molar-refractivity contribution in [1.29, 1.82) is 0 Å². The second kappa shape index (κ2) is 11.3. The summed E-state index contributed by atoms with van der Waals surface area (Å²) in [5, 5.41) is 0. The molecule has 0 amide bonds. The Bertz CT molecular complexity index is 836. The minimum Gasteiger partial charge on any atom is -0.358 e. The smallest absolute Gasteiger partial charge is 0.108 e. The third kappa shape index (κ3) is 5.34. The summed E-state index contributed by atoms with van der Waals surface area (Å²) in [6.45, 7) is 5.51. The van der Waals surface area contributed by atoms with E-state index in [9.17, 15) is 0 Å². The van der Waals surface area contributed by atoms with Crippen molar-refractivity contribution in [1.82, 2.24) is 0 Å². The molecule has 0 aliphatic heterocycles. The van der Waals surface area contributed by atoms with Crippen molar-refractivity contribution in [2.45, 2.75) is 20.3 Å². The molecule has 0 aromatic heterocycles. The van der Waals surface area contributed by atoms with Crippen molar-refractivity contribution >= 4 is 28.0 Å².